The minimum Gasteiger partial charge on any atom is -0.475 e. The van der Waals surface area contributed by atoms with Gasteiger partial charge in [0.25, 0.3) is 0 Å². The number of hydrogen-bond acceptors (Lipinski definition) is 6. The van der Waals surface area contributed by atoms with E-state index in [1.165, 1.54) is 44.5 Å². The first kappa shape index (κ1) is 31.8. The molecule has 0 saturated carbocycles. The molecule has 0 atom stereocenters. The first-order valence-corrected chi connectivity index (χ1v) is 12.0. The Morgan fingerprint density at radius 3 is 1.79 bits per heavy atom. The largest absolute Gasteiger partial charge is 0.490 e. The molecule has 0 radical (unpaired) electrons. The molecule has 2 aromatic heterocycles. The molecular formula is C25H30F6N4O4. The van der Waals surface area contributed by atoms with Crippen molar-refractivity contribution in [2.45, 2.75) is 51.5 Å². The van der Waals surface area contributed by atoms with Gasteiger partial charge in [0.05, 0.1) is 5.69 Å². The third-order valence-corrected chi connectivity index (χ3v) is 6.54. The number of carboxylic acids is 2. The molecule has 39 heavy (non-hydrogen) atoms. The maximum atomic E-state index is 10.6. The van der Waals surface area contributed by atoms with Gasteiger partial charge in [0.15, 0.2) is 0 Å². The molecule has 0 aliphatic carbocycles. The van der Waals surface area contributed by atoms with E-state index in [0.717, 1.165) is 31.1 Å². The van der Waals surface area contributed by atoms with Crippen molar-refractivity contribution in [3.63, 3.8) is 0 Å². The summed E-state index contributed by atoms with van der Waals surface area (Å²) < 4.78 is 63.5. The first-order chi connectivity index (χ1) is 18.1. The highest BCUT2D eigenvalue weighted by Crippen LogP contribution is 2.42. The Balaban J connectivity index is 0.000000317. The van der Waals surface area contributed by atoms with Crippen molar-refractivity contribution in [2.75, 3.05) is 31.1 Å². The molecule has 2 N–H and O–H groups in total. The van der Waals surface area contributed by atoms with Crippen molar-refractivity contribution in [3.8, 4) is 0 Å². The van der Waals surface area contributed by atoms with E-state index in [4.69, 9.17) is 24.8 Å². The Labute approximate surface area is 221 Å². The van der Waals surface area contributed by atoms with Crippen LogP contribution in [0.3, 0.4) is 0 Å². The fourth-order valence-corrected chi connectivity index (χ4v) is 4.32. The standard InChI is InChI=1S/C21H28N4.2C2HF3O2/c1-18-5-4-7-20(23-18)25-15-10-21(11-16-25)8-13-24(14-9-21)17-19-6-2-3-12-22-19;2*3-2(4,5)1(6)7/h2-7,12H,8-11,13-17H2,1H3;2*(H,6,7). The van der Waals surface area contributed by atoms with E-state index < -0.39 is 24.3 Å². The number of alkyl halides is 6. The molecule has 2 fully saturated rings. The number of aliphatic carboxylic acids is 2. The molecule has 0 amide bonds. The second-order valence-corrected chi connectivity index (χ2v) is 9.33. The summed E-state index contributed by atoms with van der Waals surface area (Å²) in [7, 11) is 0. The third kappa shape index (κ3) is 10.7. The Bertz CT molecular complexity index is 1040. The monoisotopic (exact) mass is 564 g/mol. The smallest absolute Gasteiger partial charge is 0.475 e. The van der Waals surface area contributed by atoms with Gasteiger partial charge >= 0.3 is 24.3 Å². The lowest BCUT2D eigenvalue weighted by atomic mass is 9.71. The molecule has 2 saturated heterocycles. The summed E-state index contributed by atoms with van der Waals surface area (Å²) in [4.78, 5) is 32.0. The average Bonchev–Trinajstić information content (AvgIpc) is 2.86. The number of hydrogen-bond donors (Lipinski definition) is 2. The zero-order valence-electron chi connectivity index (χ0n) is 21.2. The molecule has 2 aliphatic rings. The Morgan fingerprint density at radius 1 is 0.846 bits per heavy atom. The van der Waals surface area contributed by atoms with Crippen molar-refractivity contribution in [2.24, 2.45) is 5.41 Å². The number of rotatable bonds is 3. The summed E-state index contributed by atoms with van der Waals surface area (Å²) in [5.74, 6) is -4.36. The van der Waals surface area contributed by atoms with Crippen LogP contribution >= 0.6 is 0 Å². The maximum absolute atomic E-state index is 10.6. The summed E-state index contributed by atoms with van der Waals surface area (Å²) in [6.07, 6.45) is -3.00. The van der Waals surface area contributed by atoms with Crippen LogP contribution in [0.2, 0.25) is 0 Å². The second-order valence-electron chi connectivity index (χ2n) is 9.33. The molecule has 0 bridgehead atoms. The van der Waals surface area contributed by atoms with Crippen LogP contribution in [-0.4, -0.2) is 75.6 Å². The van der Waals surface area contributed by atoms with E-state index >= 15 is 0 Å². The predicted octanol–water partition coefficient (Wildman–Crippen LogP) is 4.93. The number of likely N-dealkylation sites (tertiary alicyclic amines) is 1. The number of piperidine rings is 2. The van der Waals surface area contributed by atoms with Crippen molar-refractivity contribution in [1.29, 1.82) is 0 Å². The van der Waals surface area contributed by atoms with Crippen LogP contribution in [0, 0.1) is 12.3 Å². The van der Waals surface area contributed by atoms with E-state index in [1.807, 2.05) is 12.3 Å². The van der Waals surface area contributed by atoms with Gasteiger partial charge in [0.2, 0.25) is 0 Å². The fourth-order valence-electron chi connectivity index (χ4n) is 4.32. The topological polar surface area (TPSA) is 107 Å². The number of halogens is 6. The summed E-state index contributed by atoms with van der Waals surface area (Å²) >= 11 is 0. The zero-order chi connectivity index (χ0) is 29.3. The number of aryl methyl sites for hydroxylation is 1. The molecule has 2 aromatic rings. The van der Waals surface area contributed by atoms with Gasteiger partial charge in [-0.2, -0.15) is 26.3 Å². The van der Waals surface area contributed by atoms with Crippen LogP contribution in [0.1, 0.15) is 37.1 Å². The van der Waals surface area contributed by atoms with Gasteiger partial charge in [-0.05, 0) is 75.4 Å². The van der Waals surface area contributed by atoms with E-state index in [1.54, 1.807) is 0 Å². The molecule has 4 heterocycles. The van der Waals surface area contributed by atoms with Gasteiger partial charge in [-0.3, -0.25) is 9.88 Å². The Hall–Kier alpha value is -3.42. The lowest BCUT2D eigenvalue weighted by molar-refractivity contribution is -0.193. The van der Waals surface area contributed by atoms with Gasteiger partial charge in [-0.25, -0.2) is 14.6 Å². The van der Waals surface area contributed by atoms with Crippen molar-refractivity contribution >= 4 is 17.8 Å². The van der Waals surface area contributed by atoms with Crippen LogP contribution in [0.15, 0.2) is 42.6 Å². The van der Waals surface area contributed by atoms with E-state index in [2.05, 4.69) is 52.0 Å². The first-order valence-electron chi connectivity index (χ1n) is 12.0. The zero-order valence-corrected chi connectivity index (χ0v) is 21.2. The minimum absolute atomic E-state index is 0.556. The van der Waals surface area contributed by atoms with Gasteiger partial charge in [-0.1, -0.05) is 12.1 Å². The summed E-state index contributed by atoms with van der Waals surface area (Å²) in [6.45, 7) is 7.79. The normalized spacial score (nSPS) is 17.4. The summed E-state index contributed by atoms with van der Waals surface area (Å²) in [5, 5.41) is 14.2. The SMILES string of the molecule is Cc1cccc(N2CCC3(CCN(Cc4ccccn4)CC3)CC2)n1.O=C(O)C(F)(F)F.O=C(O)C(F)(F)F. The van der Waals surface area contributed by atoms with Crippen LogP contribution in [0.25, 0.3) is 0 Å². The molecule has 8 nitrogen and oxygen atoms in total. The second kappa shape index (κ2) is 13.6. The van der Waals surface area contributed by atoms with E-state index in [0.29, 0.717) is 5.41 Å². The third-order valence-electron chi connectivity index (χ3n) is 6.54. The molecule has 0 aromatic carbocycles. The fraction of sp³-hybridized carbons (Fsp3) is 0.520. The molecular weight excluding hydrogens is 534 g/mol. The lowest BCUT2D eigenvalue weighted by Crippen LogP contribution is -2.46. The lowest BCUT2D eigenvalue weighted by Gasteiger charge is -2.47. The Morgan fingerprint density at radius 2 is 1.36 bits per heavy atom. The summed E-state index contributed by atoms with van der Waals surface area (Å²) in [6, 6.07) is 12.6. The van der Waals surface area contributed by atoms with Crippen LogP contribution in [0.4, 0.5) is 32.2 Å². The van der Waals surface area contributed by atoms with Gasteiger partial charge in [0.1, 0.15) is 5.82 Å². The van der Waals surface area contributed by atoms with Gasteiger partial charge in [0, 0.05) is 31.5 Å². The quantitative estimate of drug-likeness (QED) is 0.506. The van der Waals surface area contributed by atoms with Crippen molar-refractivity contribution in [1.82, 2.24) is 14.9 Å². The van der Waals surface area contributed by atoms with E-state index in [-0.39, 0.29) is 0 Å². The van der Waals surface area contributed by atoms with Crippen molar-refractivity contribution < 1.29 is 46.1 Å². The number of nitrogens with zero attached hydrogens (tertiary/aromatic N) is 4. The number of carbonyl (C=O) groups is 2. The number of anilines is 1. The predicted molar refractivity (Wildman–Crippen MR) is 129 cm³/mol. The van der Waals surface area contributed by atoms with Gasteiger partial charge < -0.3 is 15.1 Å². The molecule has 14 heteroatoms. The maximum Gasteiger partial charge on any atom is 0.490 e. The molecule has 4 rings (SSSR count). The highest BCUT2D eigenvalue weighted by atomic mass is 19.4. The minimum atomic E-state index is -5.08. The van der Waals surface area contributed by atoms with Crippen LogP contribution < -0.4 is 4.90 Å². The molecule has 2 aliphatic heterocycles. The number of aromatic nitrogens is 2. The molecule has 216 valence electrons. The van der Waals surface area contributed by atoms with Gasteiger partial charge in [-0.15, -0.1) is 0 Å². The summed E-state index contributed by atoms with van der Waals surface area (Å²) in [5.41, 5.74) is 2.86. The van der Waals surface area contributed by atoms with E-state index in [9.17, 15) is 26.3 Å². The van der Waals surface area contributed by atoms with Crippen LogP contribution in [-0.2, 0) is 16.1 Å². The average molecular weight is 565 g/mol. The van der Waals surface area contributed by atoms with Crippen LogP contribution in [0.5, 0.6) is 0 Å². The molecule has 0 unspecified atom stereocenters. The Kier molecular flexibility index (Phi) is 11.1. The highest BCUT2D eigenvalue weighted by molar-refractivity contribution is 5.73. The number of pyridine rings is 2. The number of carboxylic acid groups (broad SMARTS) is 2. The molecule has 1 spiro atoms. The van der Waals surface area contributed by atoms with Crippen molar-refractivity contribution in [3.05, 3.63) is 54.0 Å². The highest BCUT2D eigenvalue weighted by Gasteiger charge is 2.39.